The molecule has 1 aromatic carbocycles. The van der Waals surface area contributed by atoms with Crippen LogP contribution in [0, 0.1) is 11.6 Å². The molecule has 1 fully saturated rings. The summed E-state index contributed by atoms with van der Waals surface area (Å²) in [5, 5.41) is 2.91. The predicted octanol–water partition coefficient (Wildman–Crippen LogP) is 2.07. The molecule has 1 N–H and O–H groups in total. The molecule has 0 aromatic heterocycles. The Labute approximate surface area is 111 Å². The van der Waals surface area contributed by atoms with Crippen molar-refractivity contribution >= 4 is 5.91 Å². The van der Waals surface area contributed by atoms with Crippen LogP contribution >= 0.6 is 0 Å². The second kappa shape index (κ2) is 6.61. The largest absolute Gasteiger partial charge is 0.342 e. The topological polar surface area (TPSA) is 32.3 Å². The highest BCUT2D eigenvalue weighted by molar-refractivity contribution is 5.78. The van der Waals surface area contributed by atoms with Gasteiger partial charge in [0.05, 0.1) is 6.54 Å². The van der Waals surface area contributed by atoms with Crippen molar-refractivity contribution in [2.45, 2.75) is 25.8 Å². The van der Waals surface area contributed by atoms with E-state index in [4.69, 9.17) is 0 Å². The smallest absolute Gasteiger partial charge is 0.236 e. The van der Waals surface area contributed by atoms with Gasteiger partial charge in [-0.15, -0.1) is 0 Å². The second-order valence-corrected chi connectivity index (χ2v) is 4.78. The summed E-state index contributed by atoms with van der Waals surface area (Å²) < 4.78 is 26.1. The summed E-state index contributed by atoms with van der Waals surface area (Å²) >= 11 is 0. The molecule has 0 spiro atoms. The number of rotatable bonds is 4. The van der Waals surface area contributed by atoms with E-state index in [0.29, 0.717) is 5.56 Å². The number of halogens is 2. The highest BCUT2D eigenvalue weighted by Crippen LogP contribution is 2.10. The van der Waals surface area contributed by atoms with Gasteiger partial charge in [-0.25, -0.2) is 8.78 Å². The van der Waals surface area contributed by atoms with Crippen molar-refractivity contribution in [3.63, 3.8) is 0 Å². The van der Waals surface area contributed by atoms with Crippen molar-refractivity contribution in [3.05, 3.63) is 35.4 Å². The summed E-state index contributed by atoms with van der Waals surface area (Å²) in [5.74, 6) is -1.13. The van der Waals surface area contributed by atoms with Gasteiger partial charge in [0.1, 0.15) is 11.6 Å². The number of piperidine rings is 1. The van der Waals surface area contributed by atoms with E-state index >= 15 is 0 Å². The van der Waals surface area contributed by atoms with Gasteiger partial charge in [0.2, 0.25) is 5.91 Å². The van der Waals surface area contributed by atoms with Crippen LogP contribution in [0.4, 0.5) is 8.78 Å². The Hall–Kier alpha value is -1.49. The minimum absolute atomic E-state index is 0.0437. The highest BCUT2D eigenvalue weighted by Gasteiger charge is 2.15. The lowest BCUT2D eigenvalue weighted by atomic mass is 10.1. The van der Waals surface area contributed by atoms with Gasteiger partial charge in [-0.1, -0.05) is 6.07 Å². The summed E-state index contributed by atoms with van der Waals surface area (Å²) in [7, 11) is 0. The average Bonchev–Trinajstić information content (AvgIpc) is 2.42. The molecule has 0 radical (unpaired) electrons. The molecule has 1 aliphatic rings. The Balaban J connectivity index is 1.78. The lowest BCUT2D eigenvalue weighted by molar-refractivity contribution is -0.131. The predicted molar refractivity (Wildman–Crippen MR) is 68.5 cm³/mol. The summed E-state index contributed by atoms with van der Waals surface area (Å²) in [4.78, 5) is 13.7. The Kier molecular flexibility index (Phi) is 4.85. The van der Waals surface area contributed by atoms with Crippen LogP contribution in [-0.2, 0) is 11.3 Å². The molecule has 0 aliphatic carbocycles. The van der Waals surface area contributed by atoms with E-state index in [1.165, 1.54) is 18.6 Å². The van der Waals surface area contributed by atoms with Crippen LogP contribution in [0.1, 0.15) is 24.8 Å². The van der Waals surface area contributed by atoms with Crippen LogP contribution in [0.2, 0.25) is 0 Å². The quantitative estimate of drug-likeness (QED) is 0.906. The van der Waals surface area contributed by atoms with Crippen molar-refractivity contribution in [2.24, 2.45) is 0 Å². The van der Waals surface area contributed by atoms with Crippen LogP contribution in [0.15, 0.2) is 18.2 Å². The number of carbonyl (C=O) groups is 1. The molecule has 5 heteroatoms. The first-order chi connectivity index (χ1) is 9.16. The van der Waals surface area contributed by atoms with Gasteiger partial charge < -0.3 is 10.2 Å². The number of amides is 1. The van der Waals surface area contributed by atoms with E-state index in [1.54, 1.807) is 0 Å². The Morgan fingerprint density at radius 2 is 1.95 bits per heavy atom. The fraction of sp³-hybridized carbons (Fsp3) is 0.500. The van der Waals surface area contributed by atoms with E-state index < -0.39 is 11.6 Å². The first-order valence-corrected chi connectivity index (χ1v) is 6.59. The molecule has 2 rings (SSSR count). The maximum absolute atomic E-state index is 13.4. The van der Waals surface area contributed by atoms with Crippen LogP contribution < -0.4 is 5.32 Å². The lowest BCUT2D eigenvalue weighted by Gasteiger charge is -2.26. The molecule has 1 heterocycles. The maximum atomic E-state index is 13.4. The zero-order chi connectivity index (χ0) is 13.7. The minimum atomic E-state index is -0.592. The molecular weight excluding hydrogens is 250 g/mol. The number of hydrogen-bond donors (Lipinski definition) is 1. The van der Waals surface area contributed by atoms with Crippen LogP contribution in [-0.4, -0.2) is 30.4 Å². The number of carbonyl (C=O) groups excluding carboxylic acids is 1. The molecule has 0 saturated carbocycles. The SMILES string of the molecule is O=C(CNCc1ccc(F)cc1F)N1CCCCC1. The van der Waals surface area contributed by atoms with E-state index in [0.717, 1.165) is 32.0 Å². The molecular formula is C14H18F2N2O. The molecule has 1 aromatic rings. The zero-order valence-electron chi connectivity index (χ0n) is 10.8. The normalized spacial score (nSPS) is 15.6. The fourth-order valence-corrected chi connectivity index (χ4v) is 2.22. The number of benzene rings is 1. The van der Waals surface area contributed by atoms with E-state index in [1.807, 2.05) is 4.90 Å². The molecule has 1 aliphatic heterocycles. The third kappa shape index (κ3) is 3.99. The Morgan fingerprint density at radius 1 is 1.21 bits per heavy atom. The average molecular weight is 268 g/mol. The van der Waals surface area contributed by atoms with Crippen molar-refractivity contribution in [2.75, 3.05) is 19.6 Å². The number of nitrogens with zero attached hydrogens (tertiary/aromatic N) is 1. The van der Waals surface area contributed by atoms with Gasteiger partial charge in [0.25, 0.3) is 0 Å². The van der Waals surface area contributed by atoms with E-state index in [2.05, 4.69) is 5.32 Å². The first kappa shape index (κ1) is 13.9. The van der Waals surface area contributed by atoms with Gasteiger partial charge in [0, 0.05) is 31.3 Å². The number of hydrogen-bond acceptors (Lipinski definition) is 2. The van der Waals surface area contributed by atoms with Gasteiger partial charge in [-0.3, -0.25) is 4.79 Å². The molecule has 0 atom stereocenters. The Bertz CT molecular complexity index is 445. The summed E-state index contributed by atoms with van der Waals surface area (Å²) in [6.07, 6.45) is 3.29. The number of nitrogens with one attached hydrogen (secondary N) is 1. The molecule has 19 heavy (non-hydrogen) atoms. The maximum Gasteiger partial charge on any atom is 0.236 e. The van der Waals surface area contributed by atoms with Crippen LogP contribution in [0.5, 0.6) is 0 Å². The summed E-state index contributed by atoms with van der Waals surface area (Å²) in [5.41, 5.74) is 0.368. The lowest BCUT2D eigenvalue weighted by Crippen LogP contribution is -2.41. The monoisotopic (exact) mass is 268 g/mol. The minimum Gasteiger partial charge on any atom is -0.342 e. The fourth-order valence-electron chi connectivity index (χ4n) is 2.22. The van der Waals surface area contributed by atoms with Gasteiger partial charge in [-0.2, -0.15) is 0 Å². The van der Waals surface area contributed by atoms with Gasteiger partial charge in [0.15, 0.2) is 0 Å². The second-order valence-electron chi connectivity index (χ2n) is 4.78. The van der Waals surface area contributed by atoms with Gasteiger partial charge in [-0.05, 0) is 25.3 Å². The molecule has 1 amide bonds. The van der Waals surface area contributed by atoms with Crippen molar-refractivity contribution in [3.8, 4) is 0 Å². The summed E-state index contributed by atoms with van der Waals surface area (Å²) in [6, 6.07) is 3.46. The molecule has 0 bridgehead atoms. The highest BCUT2D eigenvalue weighted by atomic mass is 19.1. The summed E-state index contributed by atoms with van der Waals surface area (Å²) in [6.45, 7) is 2.04. The van der Waals surface area contributed by atoms with Crippen molar-refractivity contribution in [1.29, 1.82) is 0 Å². The van der Waals surface area contributed by atoms with Crippen molar-refractivity contribution < 1.29 is 13.6 Å². The standard InChI is InChI=1S/C14H18F2N2O/c15-12-5-4-11(13(16)8-12)9-17-10-14(19)18-6-2-1-3-7-18/h4-5,8,17H,1-3,6-7,9-10H2. The molecule has 3 nitrogen and oxygen atoms in total. The first-order valence-electron chi connectivity index (χ1n) is 6.59. The van der Waals surface area contributed by atoms with E-state index in [9.17, 15) is 13.6 Å². The third-order valence-corrected chi connectivity index (χ3v) is 3.32. The van der Waals surface area contributed by atoms with Crippen LogP contribution in [0.3, 0.4) is 0 Å². The van der Waals surface area contributed by atoms with E-state index in [-0.39, 0.29) is 19.0 Å². The molecule has 1 saturated heterocycles. The molecule has 0 unspecified atom stereocenters. The zero-order valence-corrected chi connectivity index (χ0v) is 10.8. The van der Waals surface area contributed by atoms with Crippen LogP contribution in [0.25, 0.3) is 0 Å². The van der Waals surface area contributed by atoms with Crippen molar-refractivity contribution in [1.82, 2.24) is 10.2 Å². The molecule has 104 valence electrons. The number of likely N-dealkylation sites (tertiary alicyclic amines) is 1. The Morgan fingerprint density at radius 3 is 2.63 bits per heavy atom. The van der Waals surface area contributed by atoms with Gasteiger partial charge >= 0.3 is 0 Å². The third-order valence-electron chi connectivity index (χ3n) is 3.32.